The third-order valence-corrected chi connectivity index (χ3v) is 4.47. The van der Waals surface area contributed by atoms with Gasteiger partial charge in [0.2, 0.25) is 11.8 Å². The van der Waals surface area contributed by atoms with E-state index >= 15 is 0 Å². The summed E-state index contributed by atoms with van der Waals surface area (Å²) in [5, 5.41) is 7.09. The van der Waals surface area contributed by atoms with E-state index in [-0.39, 0.29) is 17.5 Å². The minimum absolute atomic E-state index is 0.0582. The van der Waals surface area contributed by atoms with Gasteiger partial charge >= 0.3 is 0 Å². The number of nitrogens with one attached hydrogen (secondary N) is 1. The van der Waals surface area contributed by atoms with Crippen LogP contribution in [0.5, 0.6) is 11.5 Å². The van der Waals surface area contributed by atoms with Crippen LogP contribution in [-0.4, -0.2) is 46.3 Å². The molecule has 0 aliphatic carbocycles. The minimum Gasteiger partial charge on any atom is -0.493 e. The van der Waals surface area contributed by atoms with E-state index in [2.05, 4.69) is 20.4 Å². The molecule has 0 fully saturated rings. The number of rotatable bonds is 7. The predicted molar refractivity (Wildman–Crippen MR) is 108 cm³/mol. The van der Waals surface area contributed by atoms with Crippen LogP contribution in [-0.2, 0) is 6.42 Å². The number of benzene rings is 1. The number of ether oxygens (including phenoxy) is 2. The zero-order valence-corrected chi connectivity index (χ0v) is 16.5. The SMILES string of the molecule is COc1ccc(CCNC(=O)c2cc3nc(-c4ccco4)nn3c(N)n2)cc1OC. The first-order valence-electron chi connectivity index (χ1n) is 9.15. The fourth-order valence-corrected chi connectivity index (χ4v) is 2.99. The number of methoxy groups -OCH3 is 2. The van der Waals surface area contributed by atoms with Crippen molar-refractivity contribution in [1.29, 1.82) is 0 Å². The highest BCUT2D eigenvalue weighted by Gasteiger charge is 2.16. The quantitative estimate of drug-likeness (QED) is 0.475. The summed E-state index contributed by atoms with van der Waals surface area (Å²) in [4.78, 5) is 21.0. The fourth-order valence-electron chi connectivity index (χ4n) is 2.99. The Morgan fingerprint density at radius 3 is 2.73 bits per heavy atom. The molecule has 0 radical (unpaired) electrons. The van der Waals surface area contributed by atoms with Gasteiger partial charge in [-0.15, -0.1) is 5.10 Å². The molecular formula is C20H20N6O4. The van der Waals surface area contributed by atoms with E-state index in [0.717, 1.165) is 5.56 Å². The first kappa shape index (κ1) is 19.2. The van der Waals surface area contributed by atoms with Crippen LogP contribution >= 0.6 is 0 Å². The normalized spacial score (nSPS) is 10.9. The zero-order chi connectivity index (χ0) is 21.1. The molecule has 0 unspecified atom stereocenters. The molecule has 0 saturated carbocycles. The zero-order valence-electron chi connectivity index (χ0n) is 16.5. The largest absolute Gasteiger partial charge is 0.493 e. The number of hydrogen-bond donors (Lipinski definition) is 2. The minimum atomic E-state index is -0.354. The molecule has 3 aromatic heterocycles. The molecular weight excluding hydrogens is 388 g/mol. The summed E-state index contributed by atoms with van der Waals surface area (Å²) < 4.78 is 17.2. The van der Waals surface area contributed by atoms with Gasteiger partial charge in [-0.25, -0.2) is 9.97 Å². The molecule has 10 nitrogen and oxygen atoms in total. The summed E-state index contributed by atoms with van der Waals surface area (Å²) in [5.74, 6) is 1.86. The number of fused-ring (bicyclic) bond motifs is 1. The number of aromatic nitrogens is 4. The number of hydrogen-bond acceptors (Lipinski definition) is 8. The Hall–Kier alpha value is -4.08. The van der Waals surface area contributed by atoms with Gasteiger partial charge in [-0.2, -0.15) is 4.52 Å². The summed E-state index contributed by atoms with van der Waals surface area (Å²) in [6.07, 6.45) is 2.14. The Morgan fingerprint density at radius 2 is 2.00 bits per heavy atom. The molecule has 10 heteroatoms. The van der Waals surface area contributed by atoms with E-state index in [9.17, 15) is 4.79 Å². The van der Waals surface area contributed by atoms with E-state index in [1.54, 1.807) is 26.4 Å². The van der Waals surface area contributed by atoms with Gasteiger partial charge in [0.15, 0.2) is 22.9 Å². The van der Waals surface area contributed by atoms with Gasteiger partial charge in [-0.3, -0.25) is 4.79 Å². The Kier molecular flexibility index (Phi) is 5.21. The van der Waals surface area contributed by atoms with Gasteiger partial charge in [0.05, 0.1) is 20.5 Å². The number of furan rings is 1. The van der Waals surface area contributed by atoms with Gasteiger partial charge in [-0.05, 0) is 36.2 Å². The van der Waals surface area contributed by atoms with E-state index < -0.39 is 0 Å². The topological polar surface area (TPSA) is 130 Å². The number of nitrogen functional groups attached to an aromatic ring is 1. The number of nitrogens with two attached hydrogens (primary N) is 1. The second kappa shape index (κ2) is 8.11. The Labute approximate surface area is 171 Å². The van der Waals surface area contributed by atoms with Crippen molar-refractivity contribution in [1.82, 2.24) is 24.9 Å². The van der Waals surface area contributed by atoms with Crippen LogP contribution in [0, 0.1) is 0 Å². The van der Waals surface area contributed by atoms with E-state index in [0.29, 0.717) is 41.7 Å². The molecule has 3 N–H and O–H groups in total. The molecule has 3 heterocycles. The first-order chi connectivity index (χ1) is 14.6. The highest BCUT2D eigenvalue weighted by atomic mass is 16.5. The molecule has 0 atom stereocenters. The van der Waals surface area contributed by atoms with Gasteiger partial charge < -0.3 is 24.9 Å². The molecule has 1 aromatic carbocycles. The van der Waals surface area contributed by atoms with Crippen LogP contribution in [0.2, 0.25) is 0 Å². The van der Waals surface area contributed by atoms with Crippen molar-refractivity contribution in [2.75, 3.05) is 26.5 Å². The lowest BCUT2D eigenvalue weighted by Crippen LogP contribution is -2.27. The van der Waals surface area contributed by atoms with Crippen LogP contribution in [0.1, 0.15) is 16.1 Å². The van der Waals surface area contributed by atoms with Gasteiger partial charge in [0.25, 0.3) is 5.91 Å². The summed E-state index contributed by atoms with van der Waals surface area (Å²) in [6, 6.07) is 10.6. The maximum atomic E-state index is 12.5. The van der Waals surface area contributed by atoms with Crippen LogP contribution in [0.25, 0.3) is 17.2 Å². The van der Waals surface area contributed by atoms with Crippen molar-refractivity contribution >= 4 is 17.5 Å². The average molecular weight is 408 g/mol. The maximum Gasteiger partial charge on any atom is 0.270 e. The third kappa shape index (κ3) is 3.75. The molecule has 0 saturated heterocycles. The van der Waals surface area contributed by atoms with Crippen molar-refractivity contribution in [3.8, 4) is 23.1 Å². The standard InChI is InChI=1S/C20H20N6O4/c1-28-14-6-5-12(10-16(14)29-2)7-8-22-19(27)13-11-17-24-18(15-4-3-9-30-15)25-26(17)20(21)23-13/h3-6,9-11H,7-8H2,1-2H3,(H2,21,23)(H,22,27). The molecule has 4 aromatic rings. The highest BCUT2D eigenvalue weighted by Crippen LogP contribution is 2.27. The van der Waals surface area contributed by atoms with Crippen LogP contribution in [0.3, 0.4) is 0 Å². The lowest BCUT2D eigenvalue weighted by Gasteiger charge is -2.10. The van der Waals surface area contributed by atoms with E-state index in [4.69, 9.17) is 19.6 Å². The Bertz CT molecular complexity index is 1190. The number of nitrogens with zero attached hydrogens (tertiary/aromatic N) is 4. The second-order valence-electron chi connectivity index (χ2n) is 6.38. The van der Waals surface area contributed by atoms with Crippen molar-refractivity contribution < 1.29 is 18.7 Å². The smallest absolute Gasteiger partial charge is 0.270 e. The molecule has 30 heavy (non-hydrogen) atoms. The maximum absolute atomic E-state index is 12.5. The molecule has 4 rings (SSSR count). The van der Waals surface area contributed by atoms with Crippen LogP contribution in [0.4, 0.5) is 5.95 Å². The predicted octanol–water partition coefficient (Wildman–Crippen LogP) is 1.96. The van der Waals surface area contributed by atoms with Crippen LogP contribution < -0.4 is 20.5 Å². The van der Waals surface area contributed by atoms with Crippen molar-refractivity contribution in [3.63, 3.8) is 0 Å². The summed E-state index contributed by atoms with van der Waals surface area (Å²) >= 11 is 0. The molecule has 154 valence electrons. The lowest BCUT2D eigenvalue weighted by atomic mass is 10.1. The second-order valence-corrected chi connectivity index (χ2v) is 6.38. The monoisotopic (exact) mass is 408 g/mol. The summed E-state index contributed by atoms with van der Waals surface area (Å²) in [5.41, 5.74) is 7.51. The lowest BCUT2D eigenvalue weighted by molar-refractivity contribution is 0.0949. The number of anilines is 1. The highest BCUT2D eigenvalue weighted by molar-refractivity contribution is 5.93. The summed E-state index contributed by atoms with van der Waals surface area (Å²) in [6.45, 7) is 0.408. The van der Waals surface area contributed by atoms with Crippen LogP contribution in [0.15, 0.2) is 47.1 Å². The Morgan fingerprint density at radius 1 is 1.17 bits per heavy atom. The van der Waals surface area contributed by atoms with Crippen molar-refractivity contribution in [2.24, 2.45) is 0 Å². The molecule has 0 bridgehead atoms. The van der Waals surface area contributed by atoms with Gasteiger partial charge in [0.1, 0.15) is 5.69 Å². The van der Waals surface area contributed by atoms with Crippen molar-refractivity contribution in [2.45, 2.75) is 6.42 Å². The van der Waals surface area contributed by atoms with Gasteiger partial charge in [-0.1, -0.05) is 6.07 Å². The Balaban J connectivity index is 1.45. The molecule has 0 spiro atoms. The van der Waals surface area contributed by atoms with E-state index in [1.807, 2.05) is 18.2 Å². The third-order valence-electron chi connectivity index (χ3n) is 4.47. The average Bonchev–Trinajstić information content (AvgIpc) is 3.43. The first-order valence-corrected chi connectivity index (χ1v) is 9.15. The molecule has 0 aliphatic rings. The molecule has 0 aliphatic heterocycles. The van der Waals surface area contributed by atoms with Gasteiger partial charge in [0, 0.05) is 12.6 Å². The number of carbonyl (C=O) groups is 1. The number of amides is 1. The summed E-state index contributed by atoms with van der Waals surface area (Å²) in [7, 11) is 3.16. The number of carbonyl (C=O) groups excluding carboxylic acids is 1. The fraction of sp³-hybridized carbons (Fsp3) is 0.200. The van der Waals surface area contributed by atoms with E-state index in [1.165, 1.54) is 16.8 Å². The molecule has 1 amide bonds. The van der Waals surface area contributed by atoms with Crippen molar-refractivity contribution in [3.05, 3.63) is 53.9 Å².